The Hall–Kier alpha value is -1.26. The molecule has 0 saturated carbocycles. The molecule has 0 fully saturated rings. The van der Waals surface area contributed by atoms with Crippen molar-refractivity contribution in [3.8, 4) is 11.8 Å². The molecule has 1 heteroatoms. The molecule has 0 spiro atoms. The maximum Gasteiger partial charge on any atom is 0.125 e. The van der Waals surface area contributed by atoms with Crippen molar-refractivity contribution in [1.82, 2.24) is 0 Å². The summed E-state index contributed by atoms with van der Waals surface area (Å²) < 4.78 is 0. The van der Waals surface area contributed by atoms with Crippen LogP contribution < -0.4 is 0 Å². The summed E-state index contributed by atoms with van der Waals surface area (Å²) in [5.41, 5.74) is 1.41. The predicted molar refractivity (Wildman–Crippen MR) is 82.1 cm³/mol. The van der Waals surface area contributed by atoms with Crippen LogP contribution in [0.3, 0.4) is 0 Å². The van der Waals surface area contributed by atoms with Gasteiger partial charge in [0.2, 0.25) is 0 Å². The molecule has 0 atom stereocenters. The van der Waals surface area contributed by atoms with Gasteiger partial charge in [-0.15, -0.1) is 0 Å². The second kappa shape index (κ2) is 8.02. The summed E-state index contributed by atoms with van der Waals surface area (Å²) in [5.74, 6) is 6.24. The molecule has 0 radical (unpaired) electrons. The van der Waals surface area contributed by atoms with E-state index in [9.17, 15) is 5.11 Å². The van der Waals surface area contributed by atoms with Crippen LogP contribution in [-0.4, -0.2) is 10.7 Å². The van der Waals surface area contributed by atoms with E-state index < -0.39 is 5.60 Å². The normalized spacial score (nSPS) is 10.9. The highest BCUT2D eigenvalue weighted by molar-refractivity contribution is 5.37. The van der Waals surface area contributed by atoms with Gasteiger partial charge in [-0.2, -0.15) is 0 Å². The highest BCUT2D eigenvalue weighted by atomic mass is 16.3. The minimum absolute atomic E-state index is 0.780. The predicted octanol–water partition coefficient (Wildman–Crippen LogP) is 4.46. The van der Waals surface area contributed by atoms with Crippen molar-refractivity contribution in [3.05, 3.63) is 35.4 Å². The lowest BCUT2D eigenvalue weighted by molar-refractivity contribution is 0.0774. The van der Waals surface area contributed by atoms with Gasteiger partial charge in [0.25, 0.3) is 0 Å². The van der Waals surface area contributed by atoms with Gasteiger partial charge in [0.1, 0.15) is 5.60 Å². The minimum atomic E-state index is -0.809. The summed E-state index contributed by atoms with van der Waals surface area (Å²) in [6.45, 7) is 6.36. The Morgan fingerprint density at radius 1 is 1.00 bits per heavy atom. The Morgan fingerprint density at radius 2 is 1.53 bits per heavy atom. The van der Waals surface area contributed by atoms with E-state index in [1.165, 1.54) is 5.56 Å². The third kappa shape index (κ3) is 5.94. The summed E-state index contributed by atoms with van der Waals surface area (Å²) in [7, 11) is 0. The van der Waals surface area contributed by atoms with Crippen molar-refractivity contribution in [2.45, 2.75) is 64.9 Å². The molecule has 1 aromatic carbocycles. The van der Waals surface area contributed by atoms with Crippen molar-refractivity contribution in [1.29, 1.82) is 0 Å². The zero-order valence-corrected chi connectivity index (χ0v) is 12.5. The van der Waals surface area contributed by atoms with E-state index in [4.69, 9.17) is 0 Å². The lowest BCUT2D eigenvalue weighted by Crippen LogP contribution is -2.26. The molecule has 1 rings (SSSR count). The largest absolute Gasteiger partial charge is 0.378 e. The molecule has 0 heterocycles. The van der Waals surface area contributed by atoms with Crippen LogP contribution in [0.2, 0.25) is 0 Å². The van der Waals surface area contributed by atoms with Crippen molar-refractivity contribution < 1.29 is 5.11 Å². The second-order valence-electron chi connectivity index (χ2n) is 5.35. The molecule has 1 aromatic rings. The van der Waals surface area contributed by atoms with Gasteiger partial charge in [0.15, 0.2) is 0 Å². The highest BCUT2D eigenvalue weighted by Gasteiger charge is 2.22. The first-order valence-electron chi connectivity index (χ1n) is 7.42. The van der Waals surface area contributed by atoms with Crippen LogP contribution in [0.15, 0.2) is 24.3 Å². The minimum Gasteiger partial charge on any atom is -0.378 e. The van der Waals surface area contributed by atoms with Gasteiger partial charge in [0.05, 0.1) is 0 Å². The summed E-state index contributed by atoms with van der Waals surface area (Å²) in [4.78, 5) is 0. The fourth-order valence-electron chi connectivity index (χ4n) is 2.01. The molecule has 0 unspecified atom stereocenters. The van der Waals surface area contributed by atoms with Crippen LogP contribution in [0.4, 0.5) is 0 Å². The average Bonchev–Trinajstić information content (AvgIpc) is 2.43. The van der Waals surface area contributed by atoms with Gasteiger partial charge in [-0.1, -0.05) is 56.2 Å². The van der Waals surface area contributed by atoms with E-state index in [-0.39, 0.29) is 0 Å². The summed E-state index contributed by atoms with van der Waals surface area (Å²) in [6.07, 6.45) is 5.82. The standard InChI is InChI=1S/C18H26O/c1-4-6-13-18(19,14-7-5-2)15-12-17-10-8-16(3)9-11-17/h8-11,19H,4-7,13-14H2,1-3H3. The number of aryl methyl sites for hydroxylation is 1. The first-order valence-corrected chi connectivity index (χ1v) is 7.42. The molecule has 19 heavy (non-hydrogen) atoms. The van der Waals surface area contributed by atoms with Gasteiger partial charge in [-0.3, -0.25) is 0 Å². The lowest BCUT2D eigenvalue weighted by Gasteiger charge is -2.21. The quantitative estimate of drug-likeness (QED) is 0.747. The fraction of sp³-hybridized carbons (Fsp3) is 0.556. The van der Waals surface area contributed by atoms with E-state index >= 15 is 0 Å². The summed E-state index contributed by atoms with van der Waals surface area (Å²) in [6, 6.07) is 8.15. The number of hydrogen-bond acceptors (Lipinski definition) is 1. The van der Waals surface area contributed by atoms with Crippen molar-refractivity contribution in [2.24, 2.45) is 0 Å². The molecule has 0 aliphatic heterocycles. The number of rotatable bonds is 6. The molecule has 0 aromatic heterocycles. The maximum absolute atomic E-state index is 10.6. The fourth-order valence-corrected chi connectivity index (χ4v) is 2.01. The Balaban J connectivity index is 2.78. The molecular weight excluding hydrogens is 232 g/mol. The number of benzene rings is 1. The number of aliphatic hydroxyl groups is 1. The van der Waals surface area contributed by atoms with E-state index in [0.717, 1.165) is 44.1 Å². The van der Waals surface area contributed by atoms with E-state index in [0.29, 0.717) is 0 Å². The zero-order chi connectivity index (χ0) is 14.1. The van der Waals surface area contributed by atoms with Gasteiger partial charge in [0, 0.05) is 5.56 Å². The average molecular weight is 258 g/mol. The Morgan fingerprint density at radius 3 is 2.00 bits per heavy atom. The molecule has 0 amide bonds. The first-order chi connectivity index (χ1) is 9.09. The molecule has 1 nitrogen and oxygen atoms in total. The van der Waals surface area contributed by atoms with E-state index in [2.05, 4.69) is 44.7 Å². The lowest BCUT2D eigenvalue weighted by atomic mass is 9.91. The first kappa shape index (κ1) is 15.8. The van der Waals surface area contributed by atoms with Crippen LogP contribution in [0.25, 0.3) is 0 Å². The molecule has 0 bridgehead atoms. The molecule has 104 valence electrons. The molecule has 0 saturated heterocycles. The molecule has 0 aliphatic rings. The van der Waals surface area contributed by atoms with Crippen LogP contribution >= 0.6 is 0 Å². The molecule has 0 aliphatic carbocycles. The van der Waals surface area contributed by atoms with Crippen LogP contribution in [-0.2, 0) is 0 Å². The van der Waals surface area contributed by atoms with Crippen molar-refractivity contribution >= 4 is 0 Å². The van der Waals surface area contributed by atoms with Crippen molar-refractivity contribution in [3.63, 3.8) is 0 Å². The monoisotopic (exact) mass is 258 g/mol. The summed E-state index contributed by atoms with van der Waals surface area (Å²) >= 11 is 0. The maximum atomic E-state index is 10.6. The van der Waals surface area contributed by atoms with Gasteiger partial charge in [-0.05, 0) is 44.7 Å². The van der Waals surface area contributed by atoms with E-state index in [1.54, 1.807) is 0 Å². The Kier molecular flexibility index (Phi) is 6.67. The molecule has 1 N–H and O–H groups in total. The topological polar surface area (TPSA) is 20.2 Å². The third-order valence-corrected chi connectivity index (χ3v) is 3.38. The zero-order valence-electron chi connectivity index (χ0n) is 12.5. The molecular formula is C18H26O. The number of unbranched alkanes of at least 4 members (excludes halogenated alkanes) is 2. The third-order valence-electron chi connectivity index (χ3n) is 3.38. The highest BCUT2D eigenvalue weighted by Crippen LogP contribution is 2.21. The Labute approximate surface area is 118 Å². The Bertz CT molecular complexity index is 411. The van der Waals surface area contributed by atoms with Gasteiger partial charge in [-0.25, -0.2) is 0 Å². The van der Waals surface area contributed by atoms with E-state index in [1.807, 2.05) is 12.1 Å². The van der Waals surface area contributed by atoms with Crippen LogP contribution in [0, 0.1) is 18.8 Å². The summed E-state index contributed by atoms with van der Waals surface area (Å²) in [5, 5.41) is 10.6. The van der Waals surface area contributed by atoms with Crippen LogP contribution in [0.1, 0.15) is 63.5 Å². The second-order valence-corrected chi connectivity index (χ2v) is 5.35. The SMILES string of the molecule is CCCCC(O)(C#Cc1ccc(C)cc1)CCCC. The van der Waals surface area contributed by atoms with Crippen LogP contribution in [0.5, 0.6) is 0 Å². The van der Waals surface area contributed by atoms with Crippen molar-refractivity contribution in [2.75, 3.05) is 0 Å². The van der Waals surface area contributed by atoms with Gasteiger partial charge >= 0.3 is 0 Å². The smallest absolute Gasteiger partial charge is 0.125 e. The van der Waals surface area contributed by atoms with Gasteiger partial charge < -0.3 is 5.11 Å². The number of hydrogen-bond donors (Lipinski definition) is 1.